The van der Waals surface area contributed by atoms with Gasteiger partial charge >= 0.3 is 6.18 Å². The number of nitrogens with zero attached hydrogens (tertiary/aromatic N) is 2. The van der Waals surface area contributed by atoms with Crippen molar-refractivity contribution in [1.82, 2.24) is 15.1 Å². The molecule has 0 aliphatic carbocycles. The minimum absolute atomic E-state index is 0.0692. The second kappa shape index (κ2) is 8.52. The molecule has 0 radical (unpaired) electrons. The SMILES string of the molecule is CC(C)c1ccc(-c2noc(CCC(=O)Nc3cc(C(F)(F)F)c[nH]c3=O)n2)cc1. The number of hydrogen-bond acceptors (Lipinski definition) is 5. The van der Waals surface area contributed by atoms with E-state index in [0.717, 1.165) is 5.56 Å². The van der Waals surface area contributed by atoms with E-state index in [-0.39, 0.29) is 18.7 Å². The summed E-state index contributed by atoms with van der Waals surface area (Å²) in [6.07, 6.45) is -4.17. The van der Waals surface area contributed by atoms with Gasteiger partial charge in [0.15, 0.2) is 0 Å². The van der Waals surface area contributed by atoms with Crippen LogP contribution >= 0.6 is 0 Å². The highest BCUT2D eigenvalue weighted by Gasteiger charge is 2.31. The predicted molar refractivity (Wildman–Crippen MR) is 103 cm³/mol. The number of aryl methyl sites for hydroxylation is 1. The third kappa shape index (κ3) is 5.13. The molecule has 0 fully saturated rings. The minimum atomic E-state index is -4.64. The molecule has 2 N–H and O–H groups in total. The van der Waals surface area contributed by atoms with Crippen molar-refractivity contribution >= 4 is 11.6 Å². The van der Waals surface area contributed by atoms with E-state index in [0.29, 0.717) is 24.0 Å². The maximum atomic E-state index is 12.7. The number of nitrogens with one attached hydrogen (secondary N) is 2. The highest BCUT2D eigenvalue weighted by Crippen LogP contribution is 2.29. The molecule has 3 rings (SSSR count). The number of pyridine rings is 1. The number of alkyl halides is 3. The Morgan fingerprint density at radius 2 is 1.93 bits per heavy atom. The Kier molecular flexibility index (Phi) is 6.04. The molecule has 0 unspecified atom stereocenters. The number of aromatic amines is 1. The standard InChI is InChI=1S/C20H19F3N4O3/c1-11(2)12-3-5-13(6-4-12)18-26-17(30-27-18)8-7-16(28)25-15-9-14(20(21,22)23)10-24-19(15)29/h3-6,9-11H,7-8H2,1-2H3,(H,24,29)(H,25,28). The molecule has 0 saturated heterocycles. The van der Waals surface area contributed by atoms with Crippen LogP contribution in [0.15, 0.2) is 45.8 Å². The summed E-state index contributed by atoms with van der Waals surface area (Å²) in [6.45, 7) is 4.17. The molecule has 1 aromatic carbocycles. The second-order valence-electron chi connectivity index (χ2n) is 6.97. The van der Waals surface area contributed by atoms with Gasteiger partial charge in [-0.2, -0.15) is 18.2 Å². The smallest absolute Gasteiger partial charge is 0.339 e. The van der Waals surface area contributed by atoms with Crippen molar-refractivity contribution in [3.05, 3.63) is 63.9 Å². The van der Waals surface area contributed by atoms with Crippen molar-refractivity contribution < 1.29 is 22.5 Å². The summed E-state index contributed by atoms with van der Waals surface area (Å²) in [5.41, 5.74) is -0.451. The van der Waals surface area contributed by atoms with Crippen molar-refractivity contribution in [2.45, 2.75) is 38.8 Å². The van der Waals surface area contributed by atoms with Crippen molar-refractivity contribution in [1.29, 1.82) is 0 Å². The highest BCUT2D eigenvalue weighted by molar-refractivity contribution is 5.90. The lowest BCUT2D eigenvalue weighted by atomic mass is 10.0. The molecule has 0 aliphatic heterocycles. The fourth-order valence-corrected chi connectivity index (χ4v) is 2.66. The Labute approximate surface area is 169 Å². The average Bonchev–Trinajstić information content (AvgIpc) is 3.16. The van der Waals surface area contributed by atoms with Gasteiger partial charge in [-0.3, -0.25) is 9.59 Å². The number of benzene rings is 1. The Morgan fingerprint density at radius 3 is 2.57 bits per heavy atom. The lowest BCUT2D eigenvalue weighted by molar-refractivity contribution is -0.137. The van der Waals surface area contributed by atoms with Crippen molar-refractivity contribution in [2.24, 2.45) is 0 Å². The van der Waals surface area contributed by atoms with Crippen LogP contribution in [-0.2, 0) is 17.4 Å². The van der Waals surface area contributed by atoms with Crippen LogP contribution < -0.4 is 10.9 Å². The number of amides is 1. The molecule has 0 aliphatic rings. The lowest BCUT2D eigenvalue weighted by Gasteiger charge is -2.08. The third-order valence-electron chi connectivity index (χ3n) is 4.37. The number of anilines is 1. The third-order valence-corrected chi connectivity index (χ3v) is 4.37. The van der Waals surface area contributed by atoms with Gasteiger partial charge in [-0.25, -0.2) is 0 Å². The van der Waals surface area contributed by atoms with Crippen LogP contribution in [0.4, 0.5) is 18.9 Å². The molecule has 0 saturated carbocycles. The van der Waals surface area contributed by atoms with Gasteiger partial charge in [0.1, 0.15) is 5.69 Å². The summed E-state index contributed by atoms with van der Waals surface area (Å²) in [4.78, 5) is 29.9. The van der Waals surface area contributed by atoms with Gasteiger partial charge in [0, 0.05) is 24.6 Å². The van der Waals surface area contributed by atoms with Gasteiger partial charge in [0.05, 0.1) is 5.56 Å². The van der Waals surface area contributed by atoms with Crippen LogP contribution in [0.5, 0.6) is 0 Å². The summed E-state index contributed by atoms with van der Waals surface area (Å²) in [7, 11) is 0. The van der Waals surface area contributed by atoms with E-state index in [1.54, 1.807) is 0 Å². The maximum absolute atomic E-state index is 12.7. The number of H-pyrrole nitrogens is 1. The van der Waals surface area contributed by atoms with Crippen LogP contribution in [0.1, 0.15) is 43.2 Å². The van der Waals surface area contributed by atoms with Crippen LogP contribution in [0.3, 0.4) is 0 Å². The van der Waals surface area contributed by atoms with Crippen molar-refractivity contribution in [2.75, 3.05) is 5.32 Å². The Balaban J connectivity index is 1.61. The molecule has 0 atom stereocenters. The summed E-state index contributed by atoms with van der Waals surface area (Å²) < 4.78 is 43.4. The first-order valence-electron chi connectivity index (χ1n) is 9.16. The van der Waals surface area contributed by atoms with E-state index in [2.05, 4.69) is 29.3 Å². The predicted octanol–water partition coefficient (Wildman–Crippen LogP) is 4.14. The number of aromatic nitrogens is 3. The van der Waals surface area contributed by atoms with Gasteiger partial charge in [0.2, 0.25) is 17.6 Å². The molecule has 0 bridgehead atoms. The molecule has 3 aromatic rings. The maximum Gasteiger partial charge on any atom is 0.417 e. The van der Waals surface area contributed by atoms with Gasteiger partial charge < -0.3 is 14.8 Å². The van der Waals surface area contributed by atoms with E-state index >= 15 is 0 Å². The number of halogens is 3. The van der Waals surface area contributed by atoms with Crippen LogP contribution in [-0.4, -0.2) is 21.0 Å². The first kappa shape index (κ1) is 21.3. The lowest BCUT2D eigenvalue weighted by Crippen LogP contribution is -2.21. The summed E-state index contributed by atoms with van der Waals surface area (Å²) in [5, 5.41) is 6.05. The van der Waals surface area contributed by atoms with Gasteiger partial charge in [-0.15, -0.1) is 0 Å². The highest BCUT2D eigenvalue weighted by atomic mass is 19.4. The first-order chi connectivity index (χ1) is 14.1. The van der Waals surface area contributed by atoms with Gasteiger partial charge in [-0.05, 0) is 17.5 Å². The number of carbonyl (C=O) groups excluding carboxylic acids is 1. The fourth-order valence-electron chi connectivity index (χ4n) is 2.66. The quantitative estimate of drug-likeness (QED) is 0.624. The number of carbonyl (C=O) groups is 1. The molecule has 0 spiro atoms. The van der Waals surface area contributed by atoms with Gasteiger partial charge in [-0.1, -0.05) is 43.3 Å². The van der Waals surface area contributed by atoms with Crippen molar-refractivity contribution in [3.63, 3.8) is 0 Å². The van der Waals surface area contributed by atoms with Gasteiger partial charge in [0.25, 0.3) is 5.56 Å². The van der Waals surface area contributed by atoms with E-state index in [1.807, 2.05) is 29.2 Å². The van der Waals surface area contributed by atoms with E-state index in [9.17, 15) is 22.8 Å². The Bertz CT molecular complexity index is 1090. The zero-order chi connectivity index (χ0) is 21.9. The average molecular weight is 420 g/mol. The molecule has 7 nitrogen and oxygen atoms in total. The number of rotatable bonds is 6. The summed E-state index contributed by atoms with van der Waals surface area (Å²) >= 11 is 0. The molecule has 2 aromatic heterocycles. The molecule has 1 amide bonds. The zero-order valence-electron chi connectivity index (χ0n) is 16.2. The van der Waals surface area contributed by atoms with E-state index in [1.165, 1.54) is 5.56 Å². The molecular weight excluding hydrogens is 401 g/mol. The molecular formula is C20H19F3N4O3. The molecule has 10 heteroatoms. The van der Waals surface area contributed by atoms with E-state index in [4.69, 9.17) is 4.52 Å². The fraction of sp³-hybridized carbons (Fsp3) is 0.300. The number of hydrogen-bond donors (Lipinski definition) is 2. The normalized spacial score (nSPS) is 11.7. The Hall–Kier alpha value is -3.43. The van der Waals surface area contributed by atoms with E-state index < -0.39 is 28.9 Å². The minimum Gasteiger partial charge on any atom is -0.339 e. The topological polar surface area (TPSA) is 101 Å². The van der Waals surface area contributed by atoms with Crippen LogP contribution in [0.25, 0.3) is 11.4 Å². The molecule has 30 heavy (non-hydrogen) atoms. The summed E-state index contributed by atoms with van der Waals surface area (Å²) in [6, 6.07) is 8.27. The summed E-state index contributed by atoms with van der Waals surface area (Å²) in [5.74, 6) is 0.310. The molecule has 158 valence electrons. The van der Waals surface area contributed by atoms with Crippen LogP contribution in [0.2, 0.25) is 0 Å². The first-order valence-corrected chi connectivity index (χ1v) is 9.16. The monoisotopic (exact) mass is 420 g/mol. The van der Waals surface area contributed by atoms with Crippen molar-refractivity contribution in [3.8, 4) is 11.4 Å². The Morgan fingerprint density at radius 1 is 1.23 bits per heavy atom. The molecule has 2 heterocycles. The van der Waals surface area contributed by atoms with Crippen LogP contribution in [0, 0.1) is 0 Å². The second-order valence-corrected chi connectivity index (χ2v) is 6.97. The zero-order valence-corrected chi connectivity index (χ0v) is 16.2. The largest absolute Gasteiger partial charge is 0.417 e.